The number of carbonyl (C=O) groups excluding carboxylic acids is 1. The molecule has 6 nitrogen and oxygen atoms in total. The van der Waals surface area contributed by atoms with Crippen LogP contribution in [-0.2, 0) is 9.53 Å². The van der Waals surface area contributed by atoms with Gasteiger partial charge < -0.3 is 9.47 Å². The maximum absolute atomic E-state index is 13.8. The molecular formula is C26H22N2O4S2. The molecule has 0 N–H and O–H groups in total. The van der Waals surface area contributed by atoms with Gasteiger partial charge in [-0.1, -0.05) is 47.7 Å². The highest BCUT2D eigenvalue weighted by atomic mass is 32.1. The van der Waals surface area contributed by atoms with E-state index in [9.17, 15) is 9.59 Å². The summed E-state index contributed by atoms with van der Waals surface area (Å²) in [5.41, 5.74) is 1.40. The molecule has 8 heteroatoms. The molecule has 1 aliphatic heterocycles. The van der Waals surface area contributed by atoms with Gasteiger partial charge in [-0.3, -0.25) is 9.36 Å². The van der Waals surface area contributed by atoms with Crippen molar-refractivity contribution in [1.29, 1.82) is 0 Å². The number of hydrogen-bond donors (Lipinski definition) is 0. The molecule has 5 rings (SSSR count). The number of allylic oxidation sites excluding steroid dienone is 1. The standard InChI is InChI=1S/C26H22N2O4S2/c1-4-32-25(30)21-15(2)27-26-28(24(29)20(34-26)14-17-9-7-13-33-17)23(21)22-18-10-6-5-8-16(18)11-12-19(22)31-3/h5-14,23H,4H2,1-3H3/b20-14-/t23-/m1/s1. The minimum atomic E-state index is -0.734. The molecule has 0 saturated heterocycles. The fourth-order valence-corrected chi connectivity index (χ4v) is 6.07. The lowest BCUT2D eigenvalue weighted by atomic mass is 9.90. The van der Waals surface area contributed by atoms with Gasteiger partial charge in [0.05, 0.1) is 29.5 Å². The average Bonchev–Trinajstić information content (AvgIpc) is 3.45. The van der Waals surface area contributed by atoms with Crippen molar-refractivity contribution in [3.05, 3.63) is 95.3 Å². The Bertz CT molecular complexity index is 1610. The number of nitrogens with zero attached hydrogens (tertiary/aromatic N) is 2. The van der Waals surface area contributed by atoms with Gasteiger partial charge in [-0.05, 0) is 48.2 Å². The topological polar surface area (TPSA) is 69.9 Å². The molecular weight excluding hydrogens is 468 g/mol. The van der Waals surface area contributed by atoms with Crippen LogP contribution in [0.1, 0.15) is 30.3 Å². The summed E-state index contributed by atoms with van der Waals surface area (Å²) in [6, 6.07) is 14.9. The van der Waals surface area contributed by atoms with Crippen LogP contribution in [0.25, 0.3) is 16.8 Å². The summed E-state index contributed by atoms with van der Waals surface area (Å²) in [5, 5.41) is 3.85. The normalized spacial score (nSPS) is 15.9. The first-order valence-corrected chi connectivity index (χ1v) is 12.5. The van der Waals surface area contributed by atoms with Gasteiger partial charge in [0.1, 0.15) is 11.8 Å². The van der Waals surface area contributed by atoms with Crippen LogP contribution < -0.4 is 19.6 Å². The number of benzene rings is 2. The van der Waals surface area contributed by atoms with Crippen LogP contribution in [0.15, 0.2) is 75.0 Å². The van der Waals surface area contributed by atoms with E-state index in [0.29, 0.717) is 26.4 Å². The van der Waals surface area contributed by atoms with Gasteiger partial charge in [0, 0.05) is 10.4 Å². The molecule has 0 saturated carbocycles. The molecule has 0 aliphatic carbocycles. The van der Waals surface area contributed by atoms with Gasteiger partial charge >= 0.3 is 5.97 Å². The summed E-state index contributed by atoms with van der Waals surface area (Å²) in [6.45, 7) is 3.77. The van der Waals surface area contributed by atoms with Crippen molar-refractivity contribution in [1.82, 2.24) is 4.57 Å². The van der Waals surface area contributed by atoms with Gasteiger partial charge in [0.2, 0.25) is 0 Å². The lowest BCUT2D eigenvalue weighted by Crippen LogP contribution is -2.40. The van der Waals surface area contributed by atoms with Crippen LogP contribution in [0, 0.1) is 0 Å². The Labute approximate surface area is 203 Å². The van der Waals surface area contributed by atoms with E-state index in [1.165, 1.54) is 11.3 Å². The first-order valence-electron chi connectivity index (χ1n) is 10.8. The van der Waals surface area contributed by atoms with E-state index in [2.05, 4.69) is 4.99 Å². The number of methoxy groups -OCH3 is 1. The number of aromatic nitrogens is 1. The molecule has 2 aromatic heterocycles. The van der Waals surface area contributed by atoms with Crippen LogP contribution in [0.4, 0.5) is 0 Å². The van der Waals surface area contributed by atoms with Crippen molar-refractivity contribution in [2.24, 2.45) is 4.99 Å². The minimum absolute atomic E-state index is 0.202. The monoisotopic (exact) mass is 490 g/mol. The van der Waals surface area contributed by atoms with E-state index in [1.807, 2.05) is 60.0 Å². The van der Waals surface area contributed by atoms with Crippen molar-refractivity contribution in [2.75, 3.05) is 13.7 Å². The van der Waals surface area contributed by atoms with E-state index < -0.39 is 12.0 Å². The molecule has 4 aromatic rings. The highest BCUT2D eigenvalue weighted by Gasteiger charge is 2.36. The van der Waals surface area contributed by atoms with E-state index in [1.54, 1.807) is 36.9 Å². The molecule has 1 aliphatic rings. The Morgan fingerprint density at radius 2 is 2.00 bits per heavy atom. The lowest BCUT2D eigenvalue weighted by molar-refractivity contribution is -0.139. The number of ether oxygens (including phenoxy) is 2. The molecule has 2 aromatic carbocycles. The lowest BCUT2D eigenvalue weighted by Gasteiger charge is -2.27. The number of carbonyl (C=O) groups is 1. The van der Waals surface area contributed by atoms with Crippen molar-refractivity contribution in [3.63, 3.8) is 0 Å². The van der Waals surface area contributed by atoms with Gasteiger partial charge in [-0.2, -0.15) is 0 Å². The number of hydrogen-bond acceptors (Lipinski definition) is 7. The zero-order chi connectivity index (χ0) is 23.8. The Morgan fingerprint density at radius 1 is 1.18 bits per heavy atom. The van der Waals surface area contributed by atoms with Crippen molar-refractivity contribution < 1.29 is 14.3 Å². The summed E-state index contributed by atoms with van der Waals surface area (Å²) < 4.78 is 13.3. The van der Waals surface area contributed by atoms with E-state index in [-0.39, 0.29) is 12.2 Å². The van der Waals surface area contributed by atoms with Crippen LogP contribution in [0.5, 0.6) is 5.75 Å². The van der Waals surface area contributed by atoms with Crippen molar-refractivity contribution >= 4 is 45.5 Å². The molecule has 3 heterocycles. The third-order valence-electron chi connectivity index (χ3n) is 5.76. The highest BCUT2D eigenvalue weighted by molar-refractivity contribution is 7.11. The third-order valence-corrected chi connectivity index (χ3v) is 7.56. The summed E-state index contributed by atoms with van der Waals surface area (Å²) in [6.07, 6.45) is 1.87. The Balaban J connectivity index is 1.87. The van der Waals surface area contributed by atoms with E-state index in [0.717, 1.165) is 21.2 Å². The second-order valence-corrected chi connectivity index (χ2v) is 9.71. The number of rotatable bonds is 5. The number of thiophene rings is 1. The first-order chi connectivity index (χ1) is 16.5. The van der Waals surface area contributed by atoms with Gasteiger partial charge in [0.25, 0.3) is 5.56 Å². The van der Waals surface area contributed by atoms with Crippen LogP contribution in [0.2, 0.25) is 0 Å². The molecule has 0 radical (unpaired) electrons. The van der Waals surface area contributed by atoms with Crippen LogP contribution in [-0.4, -0.2) is 24.3 Å². The maximum Gasteiger partial charge on any atom is 0.338 e. The Kier molecular flexibility index (Phi) is 5.93. The molecule has 0 fully saturated rings. The fraction of sp³-hybridized carbons (Fsp3) is 0.192. The average molecular weight is 491 g/mol. The Hall–Kier alpha value is -3.49. The second kappa shape index (κ2) is 9.04. The predicted octanol–water partition coefficient (Wildman–Crippen LogP) is 4.02. The van der Waals surface area contributed by atoms with Crippen LogP contribution >= 0.6 is 22.7 Å². The molecule has 0 amide bonds. The van der Waals surface area contributed by atoms with Crippen LogP contribution in [0.3, 0.4) is 0 Å². The first kappa shape index (κ1) is 22.3. The van der Waals surface area contributed by atoms with E-state index >= 15 is 0 Å². The number of fused-ring (bicyclic) bond motifs is 2. The smallest absolute Gasteiger partial charge is 0.338 e. The summed E-state index contributed by atoms with van der Waals surface area (Å²) in [5.74, 6) is 0.101. The maximum atomic E-state index is 13.8. The molecule has 0 bridgehead atoms. The second-order valence-electron chi connectivity index (χ2n) is 7.72. The molecule has 0 unspecified atom stereocenters. The molecule has 1 atom stereocenters. The van der Waals surface area contributed by atoms with Gasteiger partial charge in [0.15, 0.2) is 4.80 Å². The fourth-order valence-electron chi connectivity index (χ4n) is 4.30. The summed E-state index contributed by atoms with van der Waals surface area (Å²) >= 11 is 2.87. The third kappa shape index (κ3) is 3.69. The van der Waals surface area contributed by atoms with Crippen molar-refractivity contribution in [2.45, 2.75) is 19.9 Å². The summed E-state index contributed by atoms with van der Waals surface area (Å²) in [7, 11) is 1.59. The largest absolute Gasteiger partial charge is 0.496 e. The Morgan fingerprint density at radius 3 is 2.74 bits per heavy atom. The molecule has 172 valence electrons. The zero-order valence-corrected chi connectivity index (χ0v) is 20.5. The molecule has 0 spiro atoms. The quantitative estimate of drug-likeness (QED) is 0.396. The van der Waals surface area contributed by atoms with E-state index in [4.69, 9.17) is 9.47 Å². The molecule has 34 heavy (non-hydrogen) atoms. The van der Waals surface area contributed by atoms with Gasteiger partial charge in [-0.25, -0.2) is 9.79 Å². The summed E-state index contributed by atoms with van der Waals surface area (Å²) in [4.78, 5) is 33.1. The number of esters is 1. The zero-order valence-electron chi connectivity index (χ0n) is 18.9. The number of thiazole rings is 1. The SMILES string of the molecule is CCOC(=O)C1=C(C)N=c2s/c(=C\c3cccs3)c(=O)n2[C@H]1c1c(OC)ccc2ccccc12. The minimum Gasteiger partial charge on any atom is -0.496 e. The van der Waals surface area contributed by atoms with Crippen molar-refractivity contribution in [3.8, 4) is 5.75 Å². The van der Waals surface area contributed by atoms with Gasteiger partial charge in [-0.15, -0.1) is 11.3 Å². The highest BCUT2D eigenvalue weighted by Crippen LogP contribution is 2.40. The predicted molar refractivity (Wildman–Crippen MR) is 135 cm³/mol.